The van der Waals surface area contributed by atoms with Crippen molar-refractivity contribution in [3.63, 3.8) is 0 Å². The average molecular weight is 362 g/mol. The van der Waals surface area contributed by atoms with Gasteiger partial charge >= 0.3 is 0 Å². The van der Waals surface area contributed by atoms with Crippen molar-refractivity contribution >= 4 is 28.5 Å². The first-order valence-corrected chi connectivity index (χ1v) is 9.10. The highest BCUT2D eigenvalue weighted by molar-refractivity contribution is 6.00. The van der Waals surface area contributed by atoms with Crippen LogP contribution in [-0.4, -0.2) is 21.4 Å². The predicted molar refractivity (Wildman–Crippen MR) is 105 cm³/mol. The van der Waals surface area contributed by atoms with Crippen LogP contribution in [0.25, 0.3) is 11.0 Å². The number of imidazole rings is 1. The van der Waals surface area contributed by atoms with E-state index in [-0.39, 0.29) is 24.3 Å². The van der Waals surface area contributed by atoms with Crippen LogP contribution in [0.5, 0.6) is 0 Å². The lowest BCUT2D eigenvalue weighted by Crippen LogP contribution is -2.24. The Kier molecular flexibility index (Phi) is 4.18. The van der Waals surface area contributed by atoms with E-state index in [4.69, 9.17) is 0 Å². The van der Waals surface area contributed by atoms with E-state index < -0.39 is 0 Å². The van der Waals surface area contributed by atoms with Crippen LogP contribution in [-0.2, 0) is 11.8 Å². The molecule has 2 heterocycles. The van der Waals surface area contributed by atoms with Crippen LogP contribution < -0.4 is 10.6 Å². The number of nitrogens with one attached hydrogen (secondary N) is 2. The molecule has 4 rings (SSSR count). The monoisotopic (exact) mass is 362 g/mol. The van der Waals surface area contributed by atoms with Gasteiger partial charge in [0, 0.05) is 24.2 Å². The molecule has 1 aliphatic rings. The summed E-state index contributed by atoms with van der Waals surface area (Å²) in [6.45, 7) is 4.22. The van der Waals surface area contributed by atoms with Gasteiger partial charge in [0.2, 0.25) is 5.91 Å². The number of fused-ring (bicyclic) bond motifs is 2. The van der Waals surface area contributed by atoms with Crippen molar-refractivity contribution in [2.24, 2.45) is 7.05 Å². The Morgan fingerprint density at radius 3 is 2.81 bits per heavy atom. The van der Waals surface area contributed by atoms with E-state index in [1.54, 1.807) is 6.07 Å². The van der Waals surface area contributed by atoms with Gasteiger partial charge in [-0.25, -0.2) is 4.98 Å². The summed E-state index contributed by atoms with van der Waals surface area (Å²) in [7, 11) is 2.00. The lowest BCUT2D eigenvalue weighted by molar-refractivity contribution is -0.116. The third-order valence-corrected chi connectivity index (χ3v) is 4.99. The molecule has 27 heavy (non-hydrogen) atoms. The van der Waals surface area contributed by atoms with Crippen molar-refractivity contribution < 1.29 is 9.59 Å². The smallest absolute Gasteiger partial charge is 0.252 e. The molecule has 2 amide bonds. The number of rotatable bonds is 4. The number of nitrogens with zero attached hydrogens (tertiary/aromatic N) is 2. The van der Waals surface area contributed by atoms with Gasteiger partial charge in [-0.05, 0) is 29.8 Å². The van der Waals surface area contributed by atoms with Crippen LogP contribution in [0.3, 0.4) is 0 Å². The number of aryl methyl sites for hydroxylation is 1. The maximum Gasteiger partial charge on any atom is 0.252 e. The van der Waals surface area contributed by atoms with E-state index in [1.165, 1.54) is 0 Å². The topological polar surface area (TPSA) is 76.0 Å². The van der Waals surface area contributed by atoms with Crippen molar-refractivity contribution in [1.82, 2.24) is 14.9 Å². The summed E-state index contributed by atoms with van der Waals surface area (Å²) in [5, 5.41) is 5.80. The first-order valence-electron chi connectivity index (χ1n) is 9.10. The summed E-state index contributed by atoms with van der Waals surface area (Å²) in [5.74, 6) is 1.07. The fourth-order valence-electron chi connectivity index (χ4n) is 3.69. The minimum absolute atomic E-state index is 0.125. The zero-order valence-electron chi connectivity index (χ0n) is 15.6. The highest BCUT2D eigenvalue weighted by Crippen LogP contribution is 2.28. The van der Waals surface area contributed by atoms with Crippen LogP contribution in [0.2, 0.25) is 0 Å². The molecule has 0 saturated carbocycles. The van der Waals surface area contributed by atoms with E-state index in [9.17, 15) is 9.59 Å². The third kappa shape index (κ3) is 3.07. The SMILES string of the molecule is CC(C)c1nc2cc(NC(=O)C[C@@H]3NC(=O)c4ccccc43)ccc2n1C. The number of carbonyl (C=O) groups excluding carboxylic acids is 2. The fraction of sp³-hybridized carbons (Fsp3) is 0.286. The molecule has 0 aliphatic carbocycles. The summed E-state index contributed by atoms with van der Waals surface area (Å²) in [6, 6.07) is 12.8. The Labute approximate surface area is 157 Å². The van der Waals surface area contributed by atoms with Crippen molar-refractivity contribution in [2.45, 2.75) is 32.2 Å². The molecular weight excluding hydrogens is 340 g/mol. The van der Waals surface area contributed by atoms with Gasteiger partial charge in [-0.15, -0.1) is 0 Å². The van der Waals surface area contributed by atoms with Crippen molar-refractivity contribution in [2.75, 3.05) is 5.32 Å². The second-order valence-electron chi connectivity index (χ2n) is 7.25. The zero-order valence-corrected chi connectivity index (χ0v) is 15.6. The predicted octanol–water partition coefficient (Wildman–Crippen LogP) is 3.51. The van der Waals surface area contributed by atoms with Gasteiger partial charge in [-0.3, -0.25) is 9.59 Å². The van der Waals surface area contributed by atoms with Crippen molar-refractivity contribution in [3.05, 3.63) is 59.4 Å². The number of hydrogen-bond acceptors (Lipinski definition) is 3. The van der Waals surface area contributed by atoms with E-state index >= 15 is 0 Å². The minimum Gasteiger partial charge on any atom is -0.345 e. The molecule has 0 radical (unpaired) electrons. The van der Waals surface area contributed by atoms with Crippen molar-refractivity contribution in [1.29, 1.82) is 0 Å². The van der Waals surface area contributed by atoms with Gasteiger partial charge in [0.25, 0.3) is 5.91 Å². The second kappa shape index (κ2) is 6.54. The van der Waals surface area contributed by atoms with Gasteiger partial charge in [0.05, 0.1) is 23.5 Å². The first kappa shape index (κ1) is 17.3. The van der Waals surface area contributed by atoms with Gasteiger partial charge in [-0.1, -0.05) is 32.0 Å². The van der Waals surface area contributed by atoms with Crippen LogP contribution >= 0.6 is 0 Å². The normalized spacial score (nSPS) is 15.9. The second-order valence-corrected chi connectivity index (χ2v) is 7.25. The van der Waals surface area contributed by atoms with Crippen LogP contribution in [0, 0.1) is 0 Å². The molecule has 6 nitrogen and oxygen atoms in total. The van der Waals surface area contributed by atoms with E-state index in [2.05, 4.69) is 34.0 Å². The van der Waals surface area contributed by atoms with E-state index in [0.29, 0.717) is 17.2 Å². The summed E-state index contributed by atoms with van der Waals surface area (Å²) < 4.78 is 2.08. The van der Waals surface area contributed by atoms with Gasteiger partial charge < -0.3 is 15.2 Å². The first-order chi connectivity index (χ1) is 12.9. The Bertz CT molecular complexity index is 1050. The molecule has 2 aromatic carbocycles. The van der Waals surface area contributed by atoms with Crippen LogP contribution in [0.1, 0.15) is 54.0 Å². The number of benzene rings is 2. The quantitative estimate of drug-likeness (QED) is 0.746. The molecule has 2 N–H and O–H groups in total. The zero-order chi connectivity index (χ0) is 19.1. The van der Waals surface area contributed by atoms with Crippen LogP contribution in [0.4, 0.5) is 5.69 Å². The fourth-order valence-corrected chi connectivity index (χ4v) is 3.69. The number of amides is 2. The maximum absolute atomic E-state index is 12.5. The lowest BCUT2D eigenvalue weighted by Gasteiger charge is -2.12. The third-order valence-electron chi connectivity index (χ3n) is 4.99. The molecular formula is C21H22N4O2. The molecule has 0 saturated heterocycles. The number of hydrogen-bond donors (Lipinski definition) is 2. The molecule has 0 fully saturated rings. The standard InChI is InChI=1S/C21H22N4O2/c1-12(2)20-23-17-10-13(8-9-18(17)25(20)3)22-19(26)11-16-14-6-4-5-7-15(14)21(27)24-16/h4-10,12,16H,11H2,1-3H3,(H,22,26)(H,24,27)/t16-/m0/s1. The Morgan fingerprint density at radius 2 is 2.04 bits per heavy atom. The lowest BCUT2D eigenvalue weighted by atomic mass is 10.0. The molecule has 1 aliphatic heterocycles. The van der Waals surface area contributed by atoms with Gasteiger partial charge in [-0.2, -0.15) is 0 Å². The highest BCUT2D eigenvalue weighted by atomic mass is 16.2. The minimum atomic E-state index is -0.292. The summed E-state index contributed by atoms with van der Waals surface area (Å²) in [5.41, 5.74) is 4.12. The Morgan fingerprint density at radius 1 is 1.26 bits per heavy atom. The largest absolute Gasteiger partial charge is 0.345 e. The molecule has 1 atom stereocenters. The number of carbonyl (C=O) groups is 2. The summed E-state index contributed by atoms with van der Waals surface area (Å²) in [6.07, 6.45) is 0.195. The highest BCUT2D eigenvalue weighted by Gasteiger charge is 2.29. The van der Waals surface area contributed by atoms with Gasteiger partial charge in [0.1, 0.15) is 5.82 Å². The molecule has 0 bridgehead atoms. The van der Waals surface area contributed by atoms with Crippen molar-refractivity contribution in [3.8, 4) is 0 Å². The summed E-state index contributed by atoms with van der Waals surface area (Å²) >= 11 is 0. The van der Waals surface area contributed by atoms with E-state index in [1.807, 2.05) is 43.4 Å². The van der Waals surface area contributed by atoms with Crippen LogP contribution in [0.15, 0.2) is 42.5 Å². The average Bonchev–Trinajstić information content (AvgIpc) is 3.13. The molecule has 6 heteroatoms. The maximum atomic E-state index is 12.5. The molecule has 1 aromatic heterocycles. The summed E-state index contributed by atoms with van der Waals surface area (Å²) in [4.78, 5) is 29.2. The number of anilines is 1. The Balaban J connectivity index is 1.51. The molecule has 0 unspecified atom stereocenters. The molecule has 3 aromatic rings. The molecule has 0 spiro atoms. The van der Waals surface area contributed by atoms with E-state index in [0.717, 1.165) is 22.4 Å². The molecule has 138 valence electrons. The Hall–Kier alpha value is -3.15. The van der Waals surface area contributed by atoms with Gasteiger partial charge in [0.15, 0.2) is 0 Å². The number of aromatic nitrogens is 2.